The number of hydrogen-bond donors (Lipinski definition) is 0. The molecule has 4 aromatic heterocycles. The van der Waals surface area contributed by atoms with Crippen LogP contribution >= 0.6 is 0 Å². The van der Waals surface area contributed by atoms with Gasteiger partial charge in [0.25, 0.3) is 6.71 Å². The number of fused-ring (bicyclic) bond motifs is 16. The molecule has 6 heterocycles. The second-order valence-corrected chi connectivity index (χ2v) is 42.0. The van der Waals surface area contributed by atoms with E-state index in [2.05, 4.69) is 230 Å². The van der Waals surface area contributed by atoms with Gasteiger partial charge >= 0.3 is 0 Å². The van der Waals surface area contributed by atoms with Gasteiger partial charge in [0.2, 0.25) is 0 Å². The summed E-state index contributed by atoms with van der Waals surface area (Å²) in [6.45, 7) is 42.7. The number of anilines is 6. The summed E-state index contributed by atoms with van der Waals surface area (Å²) in [4.78, 5) is 4.89. The van der Waals surface area contributed by atoms with E-state index in [-0.39, 0.29) is 116 Å². The molecule has 0 saturated heterocycles. The van der Waals surface area contributed by atoms with E-state index in [0.29, 0.717) is 56.2 Å². The Morgan fingerprint density at radius 3 is 0.896 bits per heavy atom. The monoisotopic (exact) mass is 1640 g/mol. The van der Waals surface area contributed by atoms with Crippen molar-refractivity contribution in [2.24, 2.45) is 0 Å². The third-order valence-electron chi connectivity index (χ3n) is 25.9. The molecule has 7 heteroatoms. The fourth-order valence-corrected chi connectivity index (χ4v) is 19.0. The van der Waals surface area contributed by atoms with Crippen molar-refractivity contribution < 1.29 is 25.3 Å². The van der Waals surface area contributed by atoms with Crippen LogP contribution in [0.25, 0.3) is 143 Å². The molecule has 0 aliphatic carbocycles. The highest BCUT2D eigenvalue weighted by atomic mass is 16.3. The lowest BCUT2D eigenvalue weighted by atomic mass is 9.33. The SMILES string of the molecule is [2H]c1c(C(C)(C)C)c([2H])c2c3c([2H])c(C(C)(C)C)c([2H])c([2H])c3n(-c3ccc4c(c3)N(c3c(-c5ccccc5)cc(C(C)(C)C)cc3-c3cccc5c3oc3ccccc35)c3cc(C(C)(C)C)cc5c3B4c3ccc(-n4c6c([2H])c([2H])c(C(C)(C)C)c([2H])c6c6c([2H])c(C(C)(C)C)c([2H])c([2H])c64)cc3N5c3c(-c4ccccc4)cc(C(C)(C)C)cc3-c3cccc4c3oc3ccccc34)c2c1[2H]. The van der Waals surface area contributed by atoms with Crippen molar-refractivity contribution in [3.8, 4) is 55.9 Å². The van der Waals surface area contributed by atoms with Gasteiger partial charge < -0.3 is 27.8 Å². The molecule has 0 unspecified atom stereocenters. The number of para-hydroxylation sites is 4. The van der Waals surface area contributed by atoms with E-state index in [1.54, 1.807) is 9.13 Å². The number of hydrogen-bond acceptors (Lipinski definition) is 4. The van der Waals surface area contributed by atoms with Crippen molar-refractivity contribution >= 4 is 145 Å². The highest BCUT2D eigenvalue weighted by molar-refractivity contribution is 7.00. The molecular formula is C118H111BN4O2. The van der Waals surface area contributed by atoms with E-state index in [0.717, 1.165) is 133 Å². The number of furan rings is 2. The molecule has 0 N–H and O–H groups in total. The zero-order chi connectivity index (χ0) is 97.4. The van der Waals surface area contributed by atoms with Gasteiger partial charge in [-0.2, -0.15) is 0 Å². The Balaban J connectivity index is 1.01. The van der Waals surface area contributed by atoms with E-state index < -0.39 is 44.6 Å². The van der Waals surface area contributed by atoms with Gasteiger partial charge in [0.15, 0.2) is 0 Å². The first-order valence-corrected chi connectivity index (χ1v) is 44.0. The first kappa shape index (κ1) is 66.7. The fourth-order valence-electron chi connectivity index (χ4n) is 19.0. The maximum absolute atomic E-state index is 10.6. The Hall–Kier alpha value is -12.8. The van der Waals surface area contributed by atoms with E-state index in [9.17, 15) is 16.4 Å². The smallest absolute Gasteiger partial charge is 0.252 e. The maximum atomic E-state index is 10.6. The predicted octanol–water partition coefficient (Wildman–Crippen LogP) is 31.5. The first-order chi connectivity index (χ1) is 64.5. The number of rotatable bonds is 8. The predicted molar refractivity (Wildman–Crippen MR) is 536 cm³/mol. The second kappa shape index (κ2) is 27.8. The van der Waals surface area contributed by atoms with Gasteiger partial charge in [0.1, 0.15) is 22.3 Å². The molecule has 21 rings (SSSR count). The van der Waals surface area contributed by atoms with E-state index in [1.165, 1.54) is 0 Å². The van der Waals surface area contributed by atoms with Crippen molar-refractivity contribution in [1.29, 1.82) is 0 Å². The lowest BCUT2D eigenvalue weighted by Crippen LogP contribution is -2.61. The Morgan fingerprint density at radius 1 is 0.256 bits per heavy atom. The Morgan fingerprint density at radius 2 is 0.560 bits per heavy atom. The quantitative estimate of drug-likeness (QED) is 0.142. The van der Waals surface area contributed by atoms with Crippen LogP contribution < -0.4 is 26.2 Å². The van der Waals surface area contributed by atoms with Crippen LogP contribution in [-0.4, -0.2) is 15.8 Å². The van der Waals surface area contributed by atoms with Crippen LogP contribution in [-0.2, 0) is 37.9 Å². The minimum Gasteiger partial charge on any atom is -0.455 e. The third kappa shape index (κ3) is 12.8. The zero-order valence-corrected chi connectivity index (χ0v) is 75.5. The molecule has 0 spiro atoms. The summed E-state index contributed by atoms with van der Waals surface area (Å²) in [7, 11) is 0. The van der Waals surface area contributed by atoms with Gasteiger partial charge in [-0.25, -0.2) is 0 Å². The average Bonchev–Trinajstić information content (AvgIpc) is 1.42. The van der Waals surface area contributed by atoms with Gasteiger partial charge in [-0.1, -0.05) is 315 Å². The highest BCUT2D eigenvalue weighted by Crippen LogP contribution is 2.58. The molecule has 2 aliphatic rings. The summed E-state index contributed by atoms with van der Waals surface area (Å²) in [5, 5.41) is 4.75. The molecule has 15 aromatic carbocycles. The lowest BCUT2D eigenvalue weighted by molar-refractivity contribution is 0.590. The van der Waals surface area contributed by atoms with Gasteiger partial charge in [0.05, 0.1) is 49.9 Å². The molecular weight excluding hydrogens is 1520 g/mol. The molecule has 125 heavy (non-hydrogen) atoms. The largest absolute Gasteiger partial charge is 0.455 e. The summed E-state index contributed by atoms with van der Waals surface area (Å²) in [5.74, 6) is 0. The topological polar surface area (TPSA) is 42.6 Å². The molecule has 618 valence electrons. The van der Waals surface area contributed by atoms with Crippen molar-refractivity contribution in [2.75, 3.05) is 9.80 Å². The van der Waals surface area contributed by atoms with Crippen LogP contribution in [0.1, 0.15) is 201 Å². The van der Waals surface area contributed by atoms with E-state index >= 15 is 0 Å². The Labute approximate surface area is 753 Å². The van der Waals surface area contributed by atoms with Gasteiger partial charge in [-0.3, -0.25) is 0 Å². The van der Waals surface area contributed by atoms with Crippen molar-refractivity contribution in [3.63, 3.8) is 0 Å². The molecule has 0 radical (unpaired) electrons. The molecule has 2 aliphatic heterocycles. The second-order valence-electron chi connectivity index (χ2n) is 42.0. The number of nitrogens with zero attached hydrogens (tertiary/aromatic N) is 4. The summed E-state index contributed by atoms with van der Waals surface area (Å²) in [6.07, 6.45) is 0. The lowest BCUT2D eigenvalue weighted by Gasteiger charge is -2.47. The summed E-state index contributed by atoms with van der Waals surface area (Å²) in [5.41, 5.74) is 17.5. The van der Waals surface area contributed by atoms with Gasteiger partial charge in [-0.15, -0.1) is 0 Å². The molecule has 0 fully saturated rings. The number of aromatic nitrogens is 2. The normalized spacial score (nSPS) is 14.9. The molecule has 0 amide bonds. The van der Waals surface area contributed by atoms with Gasteiger partial charge in [-0.05, 0) is 226 Å². The van der Waals surface area contributed by atoms with Crippen LogP contribution in [0.5, 0.6) is 0 Å². The molecule has 0 atom stereocenters. The zero-order valence-electron chi connectivity index (χ0n) is 87.5. The average molecular weight is 1640 g/mol. The molecule has 0 bridgehead atoms. The van der Waals surface area contributed by atoms with Crippen molar-refractivity contribution in [1.82, 2.24) is 9.13 Å². The fraction of sp³-hybridized carbons (Fsp3) is 0.237. The van der Waals surface area contributed by atoms with Crippen LogP contribution in [0.2, 0.25) is 0 Å². The van der Waals surface area contributed by atoms with Crippen LogP contribution in [0.3, 0.4) is 0 Å². The highest BCUT2D eigenvalue weighted by Gasteiger charge is 2.47. The molecule has 0 saturated carbocycles. The van der Waals surface area contributed by atoms with Crippen LogP contribution in [0, 0.1) is 0 Å². The van der Waals surface area contributed by atoms with Crippen molar-refractivity contribution in [2.45, 2.75) is 183 Å². The first-order valence-electron chi connectivity index (χ1n) is 50.0. The van der Waals surface area contributed by atoms with Gasteiger partial charge in [0, 0.05) is 111 Å². The number of benzene rings is 15. The minimum absolute atomic E-state index is 0.0263. The Kier molecular flexibility index (Phi) is 14.8. The minimum atomic E-state index is -0.830. The van der Waals surface area contributed by atoms with E-state index in [4.69, 9.17) is 8.83 Å². The summed E-state index contributed by atoms with van der Waals surface area (Å²) < 4.78 is 144. The molecule has 6 nitrogen and oxygen atoms in total. The summed E-state index contributed by atoms with van der Waals surface area (Å²) >= 11 is 0. The van der Waals surface area contributed by atoms with E-state index in [1.807, 2.05) is 144 Å². The van der Waals surface area contributed by atoms with Crippen molar-refractivity contribution in [3.05, 3.63) is 330 Å². The third-order valence-corrected chi connectivity index (χ3v) is 25.9. The molecule has 19 aromatic rings. The van der Waals surface area contributed by atoms with Crippen LogP contribution in [0.4, 0.5) is 34.1 Å². The summed E-state index contributed by atoms with van der Waals surface area (Å²) in [6, 6.07) is 75.5. The maximum Gasteiger partial charge on any atom is 0.252 e. The Bertz CT molecular complexity index is 7820. The van der Waals surface area contributed by atoms with Crippen LogP contribution in [0.15, 0.2) is 300 Å². The standard InChI is InChI=1S/C118H111BN4O2/c1-112(2,3)72-46-54-97-89(58-72)90-59-73(113(4,5)6)47-55-98(90)120(97)79-50-52-95-101(68-79)122(108-87(70-34-24-22-25-35-70)62-76(116(13,14)15)64-93(108)85-42-32-40-83-81-38-28-30-44-105(81)124-110(83)85)103-66-78(118(19,20)21)67-104-107(103)119(95)96-53-51-80(121-99-56-48-74(114(7,8)9)60-91(99)92-61-75(115(10,11)12)49-57-100(92)121)69-102(96)123(104)109-88(71-36-26-23-27-37-71)63-77(117(16,17)18)65-94(109)86-43-33-41-84-82-39-29-31-45-106(82)125-111(84)86/h22-69H,1-21H3/i46D,47D,48D,49D,54D,55D,56D,57D,58D,59D,60D,61D.